The van der Waals surface area contributed by atoms with Gasteiger partial charge in [0.1, 0.15) is 12.3 Å². The Bertz CT molecular complexity index is 347. The van der Waals surface area contributed by atoms with Gasteiger partial charge in [-0.15, -0.1) is 5.10 Å². The lowest BCUT2D eigenvalue weighted by molar-refractivity contribution is -0.149. The summed E-state index contributed by atoms with van der Waals surface area (Å²) >= 11 is 0. The summed E-state index contributed by atoms with van der Waals surface area (Å²) in [6.45, 7) is 8.05. The van der Waals surface area contributed by atoms with Crippen molar-refractivity contribution in [3.63, 3.8) is 0 Å². The van der Waals surface area contributed by atoms with Gasteiger partial charge >= 0.3 is 5.97 Å². The van der Waals surface area contributed by atoms with E-state index < -0.39 is 0 Å². The van der Waals surface area contributed by atoms with Gasteiger partial charge in [-0.3, -0.25) is 4.79 Å². The van der Waals surface area contributed by atoms with E-state index in [2.05, 4.69) is 10.3 Å². The minimum atomic E-state index is -0.179. The van der Waals surface area contributed by atoms with E-state index in [1.54, 1.807) is 10.9 Å². The Morgan fingerprint density at radius 1 is 1.50 bits per heavy atom. The topological polar surface area (TPSA) is 57.0 Å². The number of carbonyl (C=O) groups is 1. The third kappa shape index (κ3) is 3.32. The van der Waals surface area contributed by atoms with Crippen LogP contribution in [0.15, 0.2) is 6.20 Å². The van der Waals surface area contributed by atoms with Crippen LogP contribution in [0, 0.1) is 5.92 Å². The molecule has 5 nitrogen and oxygen atoms in total. The summed E-state index contributed by atoms with van der Waals surface area (Å²) < 4.78 is 6.86. The van der Waals surface area contributed by atoms with E-state index >= 15 is 0 Å². The first-order valence-corrected chi connectivity index (χ1v) is 5.62. The van der Waals surface area contributed by atoms with E-state index in [1.165, 1.54) is 0 Å². The monoisotopic (exact) mass is 225 g/mol. The van der Waals surface area contributed by atoms with Crippen molar-refractivity contribution in [2.24, 2.45) is 5.92 Å². The molecule has 16 heavy (non-hydrogen) atoms. The van der Waals surface area contributed by atoms with E-state index in [0.29, 0.717) is 5.69 Å². The number of carbonyl (C=O) groups excluding carboxylic acids is 1. The lowest BCUT2D eigenvalue weighted by atomic mass is 10.1. The van der Waals surface area contributed by atoms with E-state index in [-0.39, 0.29) is 24.5 Å². The van der Waals surface area contributed by atoms with Crippen molar-refractivity contribution >= 4 is 5.97 Å². The molecule has 1 unspecified atom stereocenters. The largest absolute Gasteiger partial charge is 0.459 e. The van der Waals surface area contributed by atoms with Crippen LogP contribution in [0.3, 0.4) is 0 Å². The molecule has 1 aromatic rings. The normalized spacial score (nSPS) is 12.8. The number of ether oxygens (including phenoxy) is 1. The Labute approximate surface area is 95.8 Å². The van der Waals surface area contributed by atoms with Crippen LogP contribution in [-0.2, 0) is 16.1 Å². The summed E-state index contributed by atoms with van der Waals surface area (Å²) in [6.07, 6.45) is 2.59. The molecule has 90 valence electrons. The van der Waals surface area contributed by atoms with Crippen molar-refractivity contribution in [1.29, 1.82) is 0 Å². The SMILES string of the molecule is CCC(C)C(=O)OCc1cn(C(C)C)nn1. The summed E-state index contributed by atoms with van der Waals surface area (Å²) in [6, 6.07) is 0.270. The van der Waals surface area contributed by atoms with Crippen molar-refractivity contribution in [2.75, 3.05) is 0 Å². The van der Waals surface area contributed by atoms with Gasteiger partial charge in [0.2, 0.25) is 0 Å². The molecule has 1 atom stereocenters. The molecule has 0 aliphatic carbocycles. The van der Waals surface area contributed by atoms with Gasteiger partial charge in [-0.05, 0) is 20.3 Å². The molecule has 1 rings (SSSR count). The van der Waals surface area contributed by atoms with Crippen LogP contribution >= 0.6 is 0 Å². The van der Waals surface area contributed by atoms with Crippen LogP contribution in [-0.4, -0.2) is 21.0 Å². The van der Waals surface area contributed by atoms with E-state index in [1.807, 2.05) is 27.7 Å². The predicted octanol–water partition coefficient (Wildman–Crippen LogP) is 1.95. The zero-order valence-electron chi connectivity index (χ0n) is 10.3. The quantitative estimate of drug-likeness (QED) is 0.719. The molecular formula is C11H19N3O2. The predicted molar refractivity (Wildman–Crippen MR) is 59.7 cm³/mol. The second-order valence-corrected chi connectivity index (χ2v) is 4.20. The van der Waals surface area contributed by atoms with Crippen LogP contribution in [0.2, 0.25) is 0 Å². The van der Waals surface area contributed by atoms with Crippen LogP contribution in [0.1, 0.15) is 45.9 Å². The molecule has 0 N–H and O–H groups in total. The van der Waals surface area contributed by atoms with Crippen molar-refractivity contribution in [1.82, 2.24) is 15.0 Å². The van der Waals surface area contributed by atoms with Crippen LogP contribution in [0.5, 0.6) is 0 Å². The van der Waals surface area contributed by atoms with E-state index in [9.17, 15) is 4.79 Å². The van der Waals surface area contributed by atoms with E-state index in [4.69, 9.17) is 4.74 Å². The number of hydrogen-bond donors (Lipinski definition) is 0. The Morgan fingerprint density at radius 2 is 2.19 bits per heavy atom. The van der Waals surface area contributed by atoms with Gasteiger partial charge in [0.05, 0.1) is 12.1 Å². The molecule has 0 amide bonds. The van der Waals surface area contributed by atoms with Crippen molar-refractivity contribution in [2.45, 2.75) is 46.8 Å². The molecule has 0 saturated heterocycles. The Morgan fingerprint density at radius 3 is 2.69 bits per heavy atom. The van der Waals surface area contributed by atoms with Gasteiger partial charge in [-0.1, -0.05) is 19.1 Å². The average Bonchev–Trinajstić information content (AvgIpc) is 2.73. The molecule has 1 aromatic heterocycles. The first kappa shape index (κ1) is 12.7. The van der Waals surface area contributed by atoms with Crippen LogP contribution in [0.25, 0.3) is 0 Å². The van der Waals surface area contributed by atoms with Gasteiger partial charge in [0.25, 0.3) is 0 Å². The number of rotatable bonds is 5. The maximum absolute atomic E-state index is 11.4. The van der Waals surface area contributed by atoms with Gasteiger partial charge in [0, 0.05) is 6.04 Å². The van der Waals surface area contributed by atoms with Gasteiger partial charge in [-0.25, -0.2) is 4.68 Å². The molecule has 0 spiro atoms. The summed E-state index contributed by atoms with van der Waals surface area (Å²) in [7, 11) is 0. The standard InChI is InChI=1S/C11H19N3O2/c1-5-9(4)11(15)16-7-10-6-14(8(2)3)13-12-10/h6,8-9H,5,7H2,1-4H3. The van der Waals surface area contributed by atoms with Gasteiger partial charge in [-0.2, -0.15) is 0 Å². The molecule has 5 heteroatoms. The second-order valence-electron chi connectivity index (χ2n) is 4.20. The van der Waals surface area contributed by atoms with Crippen LogP contribution < -0.4 is 0 Å². The Balaban J connectivity index is 2.45. The summed E-state index contributed by atoms with van der Waals surface area (Å²) in [4.78, 5) is 11.4. The summed E-state index contributed by atoms with van der Waals surface area (Å²) in [5, 5.41) is 7.86. The van der Waals surface area contributed by atoms with Crippen molar-refractivity contribution in [3.8, 4) is 0 Å². The van der Waals surface area contributed by atoms with Crippen LogP contribution in [0.4, 0.5) is 0 Å². The fourth-order valence-electron chi connectivity index (χ4n) is 1.09. The molecule has 0 aliphatic rings. The summed E-state index contributed by atoms with van der Waals surface area (Å²) in [5.41, 5.74) is 0.686. The zero-order chi connectivity index (χ0) is 12.1. The second kappa shape index (κ2) is 5.63. The highest BCUT2D eigenvalue weighted by atomic mass is 16.5. The lowest BCUT2D eigenvalue weighted by Crippen LogP contribution is -2.13. The molecule has 1 heterocycles. The third-order valence-electron chi connectivity index (χ3n) is 2.46. The number of aromatic nitrogens is 3. The first-order valence-electron chi connectivity index (χ1n) is 5.62. The van der Waals surface area contributed by atoms with E-state index in [0.717, 1.165) is 6.42 Å². The molecule has 0 saturated carbocycles. The average molecular weight is 225 g/mol. The van der Waals surface area contributed by atoms with Gasteiger partial charge in [0.15, 0.2) is 0 Å². The van der Waals surface area contributed by atoms with Crippen molar-refractivity contribution < 1.29 is 9.53 Å². The number of esters is 1. The smallest absolute Gasteiger partial charge is 0.309 e. The zero-order valence-corrected chi connectivity index (χ0v) is 10.3. The molecule has 0 radical (unpaired) electrons. The maximum Gasteiger partial charge on any atom is 0.309 e. The minimum Gasteiger partial charge on any atom is -0.459 e. The summed E-state index contributed by atoms with van der Waals surface area (Å²) in [5.74, 6) is -0.234. The minimum absolute atomic E-state index is 0.0554. The third-order valence-corrected chi connectivity index (χ3v) is 2.46. The van der Waals surface area contributed by atoms with Crippen molar-refractivity contribution in [3.05, 3.63) is 11.9 Å². The highest BCUT2D eigenvalue weighted by Gasteiger charge is 2.13. The maximum atomic E-state index is 11.4. The lowest BCUT2D eigenvalue weighted by Gasteiger charge is -2.07. The highest BCUT2D eigenvalue weighted by Crippen LogP contribution is 2.07. The number of nitrogens with zero attached hydrogens (tertiary/aromatic N) is 3. The first-order chi connectivity index (χ1) is 7.54. The fourth-order valence-corrected chi connectivity index (χ4v) is 1.09. The molecule has 0 aromatic carbocycles. The fraction of sp³-hybridized carbons (Fsp3) is 0.727. The molecular weight excluding hydrogens is 206 g/mol. The highest BCUT2D eigenvalue weighted by molar-refractivity contribution is 5.71. The Hall–Kier alpha value is -1.39. The molecule has 0 fully saturated rings. The van der Waals surface area contributed by atoms with Gasteiger partial charge < -0.3 is 4.74 Å². The number of hydrogen-bond acceptors (Lipinski definition) is 4. The molecule has 0 bridgehead atoms. The molecule has 0 aliphatic heterocycles. The Kier molecular flexibility index (Phi) is 4.46.